The lowest BCUT2D eigenvalue weighted by Gasteiger charge is -2.34. The molecule has 0 bridgehead atoms. The van der Waals surface area contributed by atoms with Crippen molar-refractivity contribution in [3.63, 3.8) is 0 Å². The minimum atomic E-state index is -0.849. The first-order valence-electron chi connectivity index (χ1n) is 14.5. The van der Waals surface area contributed by atoms with E-state index >= 15 is 0 Å². The zero-order valence-electron chi connectivity index (χ0n) is 28.3. The Hall–Kier alpha value is 1.06. The van der Waals surface area contributed by atoms with Crippen LogP contribution in [0.15, 0.2) is 0 Å². The number of hydrogen-bond acceptors (Lipinski definition) is 6. The summed E-state index contributed by atoms with van der Waals surface area (Å²) in [5.74, 6) is 0. The Morgan fingerprint density at radius 1 is 0.500 bits per heavy atom. The molecule has 0 unspecified atom stereocenters. The summed E-state index contributed by atoms with van der Waals surface area (Å²) in [7, 11) is 1.50. The third kappa shape index (κ3) is 33.1. The molecule has 0 aliphatic heterocycles. The van der Waals surface area contributed by atoms with Gasteiger partial charge in [0.05, 0.1) is 0 Å². The Bertz CT molecular complexity index is 492. The number of nitrogens with one attached hydrogen (secondary N) is 6. The van der Waals surface area contributed by atoms with E-state index in [0.29, 0.717) is 23.2 Å². The van der Waals surface area contributed by atoms with Crippen LogP contribution in [0.25, 0.3) is 0 Å². The van der Waals surface area contributed by atoms with E-state index in [9.17, 15) is 0 Å². The fraction of sp³-hybridized carbons (Fsp3) is 1.00. The standard InChI is InChI=1S/C10H28N2Si2.C8H24N2Si2.C6H20N2Si2/c1-7-9(3,4)11-14(13)12-10(5,6)8-2;1-7(2,3)9-12(11)10-8(4,5)6;1-5(2)7-10(9)8-6(3)4/h11-12,14H,7-8H2,1-6,13H3;9-10,12H,1-6,11H3;5-8,10H,1-4,9H3. The van der Waals surface area contributed by atoms with Gasteiger partial charge in [0.15, 0.2) is 25.9 Å². The molecule has 0 aromatic heterocycles. The highest BCUT2D eigenvalue weighted by molar-refractivity contribution is 7.01. The van der Waals surface area contributed by atoms with Crippen molar-refractivity contribution in [1.29, 1.82) is 0 Å². The minimum absolute atomic E-state index is 0.275. The summed E-state index contributed by atoms with van der Waals surface area (Å²) in [5.41, 5.74) is 1.18. The van der Waals surface area contributed by atoms with Crippen LogP contribution in [0.3, 0.4) is 0 Å². The van der Waals surface area contributed by atoms with Gasteiger partial charge in [-0.1, -0.05) is 41.5 Å². The zero-order chi connectivity index (χ0) is 29.5. The second-order valence-corrected chi connectivity index (χ2v) is 30.9. The molecular weight excluding hydrogens is 541 g/mol. The summed E-state index contributed by atoms with van der Waals surface area (Å²) < 4.78 is 0. The third-order valence-electron chi connectivity index (χ3n) is 5.45. The zero-order valence-corrected chi connectivity index (χ0v) is 37.8. The van der Waals surface area contributed by atoms with E-state index in [1.807, 2.05) is 0 Å². The molecule has 0 spiro atoms. The fourth-order valence-electron chi connectivity index (χ4n) is 3.80. The van der Waals surface area contributed by atoms with E-state index < -0.39 is 25.9 Å². The van der Waals surface area contributed by atoms with Crippen molar-refractivity contribution in [2.45, 2.75) is 158 Å². The molecule has 0 aliphatic carbocycles. The molecule has 12 heteroatoms. The lowest BCUT2D eigenvalue weighted by atomic mass is 10.0. The summed E-state index contributed by atoms with van der Waals surface area (Å²) in [6.45, 7) is 35.9. The van der Waals surface area contributed by atoms with Crippen molar-refractivity contribution < 1.29 is 0 Å². The molecule has 6 N–H and O–H groups in total. The Balaban J connectivity index is -0.000000460. The molecular formula is C24H72N6Si6. The van der Waals surface area contributed by atoms with Gasteiger partial charge in [-0.25, -0.2) is 0 Å². The molecule has 0 saturated carbocycles. The van der Waals surface area contributed by atoms with Crippen LogP contribution >= 0.6 is 0 Å². The molecule has 0 radical (unpaired) electrons. The van der Waals surface area contributed by atoms with Gasteiger partial charge in [0.25, 0.3) is 0 Å². The molecule has 0 aromatic rings. The van der Waals surface area contributed by atoms with Crippen molar-refractivity contribution >= 4 is 55.2 Å². The molecule has 0 fully saturated rings. The molecule has 0 saturated heterocycles. The van der Waals surface area contributed by atoms with Crippen molar-refractivity contribution in [2.24, 2.45) is 0 Å². The number of hydrogen-bond donors (Lipinski definition) is 6. The van der Waals surface area contributed by atoms with Gasteiger partial charge in [-0.3, -0.25) is 0 Å². The van der Waals surface area contributed by atoms with Crippen LogP contribution < -0.4 is 29.9 Å². The molecule has 0 amide bonds. The SMILES string of the molecule is CC(C)(C)N[SiH]([SiH3])NC(C)(C)C.CC(C)N[SiH]([SiH3])NC(C)C.CCC(C)(C)N[SiH]([SiH3])NC(C)(C)CC. The summed E-state index contributed by atoms with van der Waals surface area (Å²) in [6.07, 6.45) is 2.40. The normalized spacial score (nSPS) is 13.6. The highest BCUT2D eigenvalue weighted by Crippen LogP contribution is 2.09. The van der Waals surface area contributed by atoms with E-state index in [-0.39, 0.29) is 11.1 Å². The molecule has 36 heavy (non-hydrogen) atoms. The Kier molecular flexibility index (Phi) is 22.1. The fourth-order valence-corrected chi connectivity index (χ4v) is 25.3. The highest BCUT2D eigenvalue weighted by atomic mass is 29.2. The molecule has 6 nitrogen and oxygen atoms in total. The predicted octanol–water partition coefficient (Wildman–Crippen LogP) is -0.464. The summed E-state index contributed by atoms with van der Waals surface area (Å²) >= 11 is 0. The Labute approximate surface area is 242 Å². The molecule has 0 rings (SSSR count). The summed E-state index contributed by atoms with van der Waals surface area (Å²) in [6, 6.07) is 1.31. The van der Waals surface area contributed by atoms with Crippen LogP contribution in [0.1, 0.15) is 124 Å². The second kappa shape index (κ2) is 19.2. The maximum atomic E-state index is 3.79. The first kappa shape index (κ1) is 41.5. The maximum Gasteiger partial charge on any atom is 0.160 e. The van der Waals surface area contributed by atoms with Crippen molar-refractivity contribution in [2.75, 3.05) is 0 Å². The first-order chi connectivity index (χ1) is 15.8. The van der Waals surface area contributed by atoms with Crippen LogP contribution in [-0.2, 0) is 0 Å². The smallest absolute Gasteiger partial charge is 0.160 e. The molecule has 0 atom stereocenters. The first-order valence-corrected chi connectivity index (χ1v) is 31.8. The third-order valence-corrected chi connectivity index (χ3v) is 18.3. The summed E-state index contributed by atoms with van der Waals surface area (Å²) in [5, 5.41) is 0. The van der Waals surface area contributed by atoms with E-state index in [1.165, 1.54) is 42.1 Å². The van der Waals surface area contributed by atoms with E-state index in [2.05, 4.69) is 141 Å². The van der Waals surface area contributed by atoms with Crippen LogP contribution in [0, 0.1) is 0 Å². The highest BCUT2D eigenvalue weighted by Gasteiger charge is 2.23. The van der Waals surface area contributed by atoms with Gasteiger partial charge >= 0.3 is 0 Å². The van der Waals surface area contributed by atoms with Crippen LogP contribution in [-0.4, -0.2) is 89.4 Å². The van der Waals surface area contributed by atoms with Crippen molar-refractivity contribution in [3.05, 3.63) is 0 Å². The average Bonchev–Trinajstić information content (AvgIpc) is 2.57. The van der Waals surface area contributed by atoms with Crippen LogP contribution in [0.4, 0.5) is 0 Å². The Morgan fingerprint density at radius 2 is 0.750 bits per heavy atom. The van der Waals surface area contributed by atoms with Gasteiger partial charge in [0.1, 0.15) is 0 Å². The van der Waals surface area contributed by atoms with Gasteiger partial charge in [-0.15, -0.1) is 0 Å². The molecule has 222 valence electrons. The molecule has 0 aliphatic rings. The van der Waals surface area contributed by atoms with Crippen molar-refractivity contribution in [1.82, 2.24) is 29.9 Å². The second-order valence-electron chi connectivity index (χ2n) is 14.4. The predicted molar refractivity (Wildman–Crippen MR) is 189 cm³/mol. The van der Waals surface area contributed by atoms with E-state index in [1.54, 1.807) is 0 Å². The number of rotatable bonds is 12. The quantitative estimate of drug-likeness (QED) is 0.168. The maximum absolute atomic E-state index is 3.79. The Morgan fingerprint density at radius 3 is 0.944 bits per heavy atom. The van der Waals surface area contributed by atoms with Gasteiger partial charge in [-0.05, 0) is 94.2 Å². The van der Waals surface area contributed by atoms with Crippen molar-refractivity contribution in [3.8, 4) is 0 Å². The van der Waals surface area contributed by atoms with Gasteiger partial charge in [0, 0.05) is 51.4 Å². The lowest BCUT2D eigenvalue weighted by Crippen LogP contribution is -2.61. The van der Waals surface area contributed by atoms with Gasteiger partial charge < -0.3 is 29.9 Å². The topological polar surface area (TPSA) is 72.2 Å². The molecule has 0 aromatic carbocycles. The van der Waals surface area contributed by atoms with Crippen LogP contribution in [0.5, 0.6) is 0 Å². The minimum Gasteiger partial charge on any atom is -0.328 e. The average molecular weight is 613 g/mol. The summed E-state index contributed by atoms with van der Waals surface area (Å²) in [4.78, 5) is 22.0. The lowest BCUT2D eigenvalue weighted by molar-refractivity contribution is 0.419. The van der Waals surface area contributed by atoms with Gasteiger partial charge in [0.2, 0.25) is 0 Å². The monoisotopic (exact) mass is 612 g/mol. The largest absolute Gasteiger partial charge is 0.328 e. The molecule has 0 heterocycles. The van der Waals surface area contributed by atoms with Gasteiger partial charge in [-0.2, -0.15) is 0 Å². The van der Waals surface area contributed by atoms with Crippen LogP contribution in [0.2, 0.25) is 0 Å². The van der Waals surface area contributed by atoms with E-state index in [0.717, 1.165) is 0 Å². The van der Waals surface area contributed by atoms with E-state index in [4.69, 9.17) is 0 Å².